The van der Waals surface area contributed by atoms with Crippen LogP contribution >= 0.6 is 0 Å². The van der Waals surface area contributed by atoms with Crippen molar-refractivity contribution in [2.45, 2.75) is 0 Å². The van der Waals surface area contributed by atoms with E-state index in [1.807, 2.05) is 0 Å². The molecule has 4 heteroatoms. The van der Waals surface area contributed by atoms with Crippen LogP contribution < -0.4 is 21.1 Å². The summed E-state index contributed by atoms with van der Waals surface area (Å²) in [5.74, 6) is 1.80. The SMILES string of the molecule is c1cc[c]([Sb]([c]2ccccc2)[c]2c(-c3oc4ccccc4[c]3[Sb]([c]3ccccc3)[c]3ccccc3)oc3ccccc23)cc1. The van der Waals surface area contributed by atoms with E-state index in [1.54, 1.807) is 0 Å². The van der Waals surface area contributed by atoms with Crippen molar-refractivity contribution in [1.29, 1.82) is 0 Å². The Kier molecular flexibility index (Phi) is 7.65. The molecule has 0 atom stereocenters. The van der Waals surface area contributed by atoms with E-state index in [9.17, 15) is 0 Å². The molecule has 8 aromatic rings. The molecule has 210 valence electrons. The Labute approximate surface area is 271 Å². The predicted molar refractivity (Wildman–Crippen MR) is 187 cm³/mol. The second-order valence-corrected chi connectivity index (χ2v) is 22.8. The number of fused-ring (bicyclic) bond motifs is 2. The zero-order valence-corrected chi connectivity index (χ0v) is 29.0. The van der Waals surface area contributed by atoms with Gasteiger partial charge in [0.05, 0.1) is 0 Å². The first-order chi connectivity index (χ1) is 21.9. The third-order valence-corrected chi connectivity index (χ3v) is 22.2. The molecule has 0 aliphatic heterocycles. The van der Waals surface area contributed by atoms with E-state index in [-0.39, 0.29) is 0 Å². The summed E-state index contributed by atoms with van der Waals surface area (Å²) < 4.78 is 22.2. The third-order valence-electron chi connectivity index (χ3n) is 7.85. The van der Waals surface area contributed by atoms with Gasteiger partial charge in [0.2, 0.25) is 0 Å². The van der Waals surface area contributed by atoms with E-state index in [2.05, 4.69) is 170 Å². The van der Waals surface area contributed by atoms with Gasteiger partial charge in [0.1, 0.15) is 0 Å². The fraction of sp³-hybridized carbons (Fsp3) is 0. The van der Waals surface area contributed by atoms with Crippen molar-refractivity contribution in [1.82, 2.24) is 0 Å². The normalized spacial score (nSPS) is 11.6. The van der Waals surface area contributed by atoms with Crippen molar-refractivity contribution in [3.63, 3.8) is 0 Å². The van der Waals surface area contributed by atoms with Crippen molar-refractivity contribution < 1.29 is 8.83 Å². The molecule has 0 radical (unpaired) electrons. The van der Waals surface area contributed by atoms with Crippen LogP contribution in [0.25, 0.3) is 33.5 Å². The zero-order chi connectivity index (χ0) is 29.3. The average Bonchev–Trinajstić information content (AvgIpc) is 3.66. The van der Waals surface area contributed by atoms with Gasteiger partial charge < -0.3 is 0 Å². The number of rotatable bonds is 7. The van der Waals surface area contributed by atoms with Crippen LogP contribution in [0.4, 0.5) is 0 Å². The molecule has 2 nitrogen and oxygen atoms in total. The molecule has 0 bridgehead atoms. The Morgan fingerprint density at radius 1 is 0.295 bits per heavy atom. The van der Waals surface area contributed by atoms with Crippen LogP contribution in [0, 0.1) is 0 Å². The monoisotopic (exact) mass is 782 g/mol. The van der Waals surface area contributed by atoms with Crippen molar-refractivity contribution in [2.75, 3.05) is 0 Å². The van der Waals surface area contributed by atoms with E-state index in [4.69, 9.17) is 8.83 Å². The first-order valence-corrected chi connectivity index (χ1v) is 22.4. The molecule has 0 unspecified atom stereocenters. The molecule has 2 aromatic heterocycles. The maximum absolute atomic E-state index is 6.98. The molecule has 0 amide bonds. The summed E-state index contributed by atoms with van der Waals surface area (Å²) >= 11 is -5.24. The van der Waals surface area contributed by atoms with Crippen LogP contribution in [-0.4, -0.2) is 40.4 Å². The first kappa shape index (κ1) is 27.6. The topological polar surface area (TPSA) is 26.3 Å². The third kappa shape index (κ3) is 5.01. The zero-order valence-electron chi connectivity index (χ0n) is 23.9. The van der Waals surface area contributed by atoms with Gasteiger partial charge >= 0.3 is 274 Å². The van der Waals surface area contributed by atoms with Gasteiger partial charge in [-0.15, -0.1) is 0 Å². The number of benzene rings is 6. The number of hydrogen-bond acceptors (Lipinski definition) is 2. The van der Waals surface area contributed by atoms with Crippen LogP contribution in [0.15, 0.2) is 179 Å². The van der Waals surface area contributed by atoms with Crippen molar-refractivity contribution in [2.24, 2.45) is 0 Å². The molecule has 0 aliphatic rings. The molecule has 0 aliphatic carbocycles. The van der Waals surface area contributed by atoms with Crippen molar-refractivity contribution >= 4 is 83.4 Å². The van der Waals surface area contributed by atoms with E-state index in [0.717, 1.165) is 22.7 Å². The van der Waals surface area contributed by atoms with Gasteiger partial charge in [0.15, 0.2) is 0 Å². The quantitative estimate of drug-likeness (QED) is 0.189. The average molecular weight is 784 g/mol. The van der Waals surface area contributed by atoms with Crippen LogP contribution in [0.3, 0.4) is 0 Å². The molecular formula is C40H28O2Sb2. The Morgan fingerprint density at radius 2 is 0.568 bits per heavy atom. The van der Waals surface area contributed by atoms with Gasteiger partial charge in [-0.2, -0.15) is 0 Å². The Hall–Kier alpha value is -3.96. The second-order valence-electron chi connectivity index (χ2n) is 10.6. The number of para-hydroxylation sites is 2. The van der Waals surface area contributed by atoms with Crippen LogP contribution in [-0.2, 0) is 0 Å². The Morgan fingerprint density at radius 3 is 0.886 bits per heavy atom. The van der Waals surface area contributed by atoms with Gasteiger partial charge in [-0.1, -0.05) is 0 Å². The molecule has 0 spiro atoms. The second kappa shape index (κ2) is 12.2. The summed E-state index contributed by atoms with van der Waals surface area (Å²) in [4.78, 5) is 0. The standard InChI is InChI=1S/C16H8O2.4C6H5.2Sb/c1-3-7-13-11(5-1)9-15(17-13)16-10-12-6-2-4-8-14(12)18-16;4*1-2-4-6-5-3-1;;/h1-8H;4*1-5H;;. The molecule has 2 heterocycles. The molecule has 44 heavy (non-hydrogen) atoms. The number of furan rings is 2. The van der Waals surface area contributed by atoms with E-state index in [0.29, 0.717) is 0 Å². The predicted octanol–water partition coefficient (Wildman–Crippen LogP) is 5.88. The van der Waals surface area contributed by atoms with Gasteiger partial charge in [-0.3, -0.25) is 0 Å². The van der Waals surface area contributed by atoms with Crippen LogP contribution in [0.2, 0.25) is 0 Å². The fourth-order valence-electron chi connectivity index (χ4n) is 5.94. The van der Waals surface area contributed by atoms with Crippen molar-refractivity contribution in [3.8, 4) is 11.5 Å². The fourth-order valence-corrected chi connectivity index (χ4v) is 20.4. The Balaban J connectivity index is 1.48. The van der Waals surface area contributed by atoms with Crippen LogP contribution in [0.1, 0.15) is 0 Å². The maximum atomic E-state index is 6.98. The molecule has 8 rings (SSSR count). The molecule has 0 saturated carbocycles. The molecule has 0 saturated heterocycles. The van der Waals surface area contributed by atoms with Crippen molar-refractivity contribution in [3.05, 3.63) is 170 Å². The summed E-state index contributed by atoms with van der Waals surface area (Å²) in [6.45, 7) is 0. The van der Waals surface area contributed by atoms with Gasteiger partial charge in [0.25, 0.3) is 0 Å². The van der Waals surface area contributed by atoms with E-state index >= 15 is 0 Å². The minimum absolute atomic E-state index is 0.898. The molecule has 0 fully saturated rings. The summed E-state index contributed by atoms with van der Waals surface area (Å²) in [5.41, 5.74) is 1.82. The summed E-state index contributed by atoms with van der Waals surface area (Å²) in [5, 5.41) is 2.38. The van der Waals surface area contributed by atoms with E-state index in [1.165, 1.54) is 31.8 Å². The minimum atomic E-state index is -2.62. The molecule has 0 N–H and O–H groups in total. The van der Waals surface area contributed by atoms with Crippen LogP contribution in [0.5, 0.6) is 0 Å². The Bertz CT molecular complexity index is 1930. The summed E-state index contributed by atoms with van der Waals surface area (Å²) in [6.07, 6.45) is 0. The van der Waals surface area contributed by atoms with E-state index < -0.39 is 40.4 Å². The van der Waals surface area contributed by atoms with Gasteiger partial charge in [0, 0.05) is 0 Å². The van der Waals surface area contributed by atoms with Gasteiger partial charge in [-0.25, -0.2) is 0 Å². The summed E-state index contributed by atoms with van der Waals surface area (Å²) in [6, 6.07) is 61.2. The number of hydrogen-bond donors (Lipinski definition) is 0. The first-order valence-electron chi connectivity index (χ1n) is 14.7. The summed E-state index contributed by atoms with van der Waals surface area (Å²) in [7, 11) is 0. The molecule has 6 aromatic carbocycles. The van der Waals surface area contributed by atoms with Gasteiger partial charge in [-0.05, 0) is 0 Å². The molecular weight excluding hydrogens is 756 g/mol.